The summed E-state index contributed by atoms with van der Waals surface area (Å²) in [6, 6.07) is 0. The van der Waals surface area contributed by atoms with Gasteiger partial charge in [0.1, 0.15) is 0 Å². The van der Waals surface area contributed by atoms with E-state index < -0.39 is 0 Å². The highest BCUT2D eigenvalue weighted by atomic mass is 16.5. The third kappa shape index (κ3) is 18.5. The van der Waals surface area contributed by atoms with Crippen LogP contribution in [0, 0.1) is 0 Å². The first kappa shape index (κ1) is 22.9. The van der Waals surface area contributed by atoms with Crippen LogP contribution >= 0.6 is 0 Å². The molecule has 0 radical (unpaired) electrons. The molecule has 0 amide bonds. The summed E-state index contributed by atoms with van der Waals surface area (Å²) < 4.78 is 17.2. The summed E-state index contributed by atoms with van der Waals surface area (Å²) in [6.07, 6.45) is 20.6. The van der Waals surface area contributed by atoms with Crippen LogP contribution in [-0.4, -0.2) is 39.6 Å². The molecule has 0 aliphatic carbocycles. The summed E-state index contributed by atoms with van der Waals surface area (Å²) in [5.74, 6) is 0. The van der Waals surface area contributed by atoms with Crippen LogP contribution in [0.15, 0.2) is 0 Å². The molecule has 1 rings (SSSR count). The van der Waals surface area contributed by atoms with Crippen molar-refractivity contribution >= 4 is 0 Å². The van der Waals surface area contributed by atoms with E-state index in [1.165, 1.54) is 103 Å². The fourth-order valence-corrected chi connectivity index (χ4v) is 3.30. The van der Waals surface area contributed by atoms with E-state index in [0.29, 0.717) is 0 Å². The standard InChI is InChI=1S/C22H44O3/c1-2-4-6-12-18-24-20-14-8-10-16-22-25-21-15-9-7-13-19-23-17-11-5-3-1/h1-22H2. The van der Waals surface area contributed by atoms with Gasteiger partial charge in [-0.3, -0.25) is 0 Å². The predicted octanol–water partition coefficient (Wildman–Crippen LogP) is 6.29. The largest absolute Gasteiger partial charge is 0.381 e. The predicted molar refractivity (Wildman–Crippen MR) is 106 cm³/mol. The Morgan fingerprint density at radius 3 is 0.560 bits per heavy atom. The minimum absolute atomic E-state index is 0.934. The summed E-state index contributed by atoms with van der Waals surface area (Å²) >= 11 is 0. The van der Waals surface area contributed by atoms with Crippen molar-refractivity contribution in [1.82, 2.24) is 0 Å². The number of rotatable bonds is 0. The van der Waals surface area contributed by atoms with Gasteiger partial charge >= 0.3 is 0 Å². The molecule has 25 heavy (non-hydrogen) atoms. The summed E-state index contributed by atoms with van der Waals surface area (Å²) in [4.78, 5) is 0. The second kappa shape index (κ2) is 20.2. The maximum Gasteiger partial charge on any atom is 0.0466 e. The zero-order valence-corrected chi connectivity index (χ0v) is 16.8. The Kier molecular flexibility index (Phi) is 18.5. The molecule has 1 aliphatic heterocycles. The first-order valence-electron chi connectivity index (χ1n) is 11.2. The Balaban J connectivity index is 2.00. The van der Waals surface area contributed by atoms with Crippen molar-refractivity contribution in [3.8, 4) is 0 Å². The van der Waals surface area contributed by atoms with Crippen molar-refractivity contribution in [2.45, 2.75) is 103 Å². The molecule has 0 spiro atoms. The van der Waals surface area contributed by atoms with Crippen molar-refractivity contribution in [3.63, 3.8) is 0 Å². The molecule has 0 N–H and O–H groups in total. The van der Waals surface area contributed by atoms with E-state index in [9.17, 15) is 0 Å². The van der Waals surface area contributed by atoms with E-state index in [2.05, 4.69) is 0 Å². The van der Waals surface area contributed by atoms with E-state index in [0.717, 1.165) is 39.6 Å². The SMILES string of the molecule is C1CCCCCOCCCCCCOCCCCCCOCCCC1. The minimum atomic E-state index is 0.934. The maximum absolute atomic E-state index is 5.74. The van der Waals surface area contributed by atoms with E-state index in [1.807, 2.05) is 0 Å². The van der Waals surface area contributed by atoms with Crippen molar-refractivity contribution in [1.29, 1.82) is 0 Å². The van der Waals surface area contributed by atoms with Gasteiger partial charge in [0.2, 0.25) is 0 Å². The van der Waals surface area contributed by atoms with Gasteiger partial charge in [0.15, 0.2) is 0 Å². The Hall–Kier alpha value is -0.120. The minimum Gasteiger partial charge on any atom is -0.381 e. The fourth-order valence-electron chi connectivity index (χ4n) is 3.30. The number of hydrogen-bond acceptors (Lipinski definition) is 3. The molecule has 3 heteroatoms. The zero-order valence-electron chi connectivity index (χ0n) is 16.8. The van der Waals surface area contributed by atoms with Crippen LogP contribution in [0.5, 0.6) is 0 Å². The third-order valence-electron chi connectivity index (χ3n) is 4.98. The Bertz CT molecular complexity index is 129. The lowest BCUT2D eigenvalue weighted by Gasteiger charge is -2.06. The second-order valence-electron chi connectivity index (χ2n) is 7.49. The summed E-state index contributed by atoms with van der Waals surface area (Å²) in [7, 11) is 0. The number of ether oxygens (including phenoxy) is 3. The van der Waals surface area contributed by atoms with Crippen LogP contribution in [0.1, 0.15) is 103 Å². The van der Waals surface area contributed by atoms with E-state index in [4.69, 9.17) is 14.2 Å². The van der Waals surface area contributed by atoms with Crippen LogP contribution in [0.25, 0.3) is 0 Å². The average Bonchev–Trinajstić information content (AvgIpc) is 2.62. The fraction of sp³-hybridized carbons (Fsp3) is 1.00. The third-order valence-corrected chi connectivity index (χ3v) is 4.98. The van der Waals surface area contributed by atoms with Crippen LogP contribution < -0.4 is 0 Å². The quantitative estimate of drug-likeness (QED) is 0.510. The van der Waals surface area contributed by atoms with Crippen LogP contribution in [-0.2, 0) is 14.2 Å². The molecule has 1 heterocycles. The molecule has 0 saturated carbocycles. The van der Waals surface area contributed by atoms with Gasteiger partial charge in [-0.25, -0.2) is 0 Å². The molecule has 3 nitrogen and oxygen atoms in total. The molecule has 0 atom stereocenters. The average molecular weight is 357 g/mol. The van der Waals surface area contributed by atoms with E-state index >= 15 is 0 Å². The monoisotopic (exact) mass is 356 g/mol. The lowest BCUT2D eigenvalue weighted by Crippen LogP contribution is -2.00. The summed E-state index contributed by atoms with van der Waals surface area (Å²) in [5, 5.41) is 0. The molecule has 0 bridgehead atoms. The molecule has 0 unspecified atom stereocenters. The molecule has 0 aromatic carbocycles. The van der Waals surface area contributed by atoms with Gasteiger partial charge in [-0.15, -0.1) is 0 Å². The Labute approximate surface area is 157 Å². The lowest BCUT2D eigenvalue weighted by atomic mass is 10.1. The molecular formula is C22H44O3. The molecular weight excluding hydrogens is 312 g/mol. The van der Waals surface area contributed by atoms with Gasteiger partial charge in [0, 0.05) is 39.6 Å². The molecule has 150 valence electrons. The van der Waals surface area contributed by atoms with Crippen LogP contribution in [0.3, 0.4) is 0 Å². The first-order valence-corrected chi connectivity index (χ1v) is 11.2. The summed E-state index contributed by atoms with van der Waals surface area (Å²) in [5.41, 5.74) is 0. The normalized spacial score (nSPS) is 24.0. The van der Waals surface area contributed by atoms with E-state index in [1.54, 1.807) is 0 Å². The molecule has 1 fully saturated rings. The highest BCUT2D eigenvalue weighted by Gasteiger charge is 1.97. The van der Waals surface area contributed by atoms with Gasteiger partial charge < -0.3 is 14.2 Å². The molecule has 0 aromatic rings. The molecule has 1 saturated heterocycles. The summed E-state index contributed by atoms with van der Waals surface area (Å²) in [6.45, 7) is 5.68. The van der Waals surface area contributed by atoms with Crippen molar-refractivity contribution < 1.29 is 14.2 Å². The van der Waals surface area contributed by atoms with Gasteiger partial charge in [-0.1, -0.05) is 64.2 Å². The van der Waals surface area contributed by atoms with Crippen LogP contribution in [0.4, 0.5) is 0 Å². The zero-order chi connectivity index (χ0) is 17.7. The Morgan fingerprint density at radius 2 is 0.360 bits per heavy atom. The van der Waals surface area contributed by atoms with Gasteiger partial charge in [0.25, 0.3) is 0 Å². The van der Waals surface area contributed by atoms with Gasteiger partial charge in [0.05, 0.1) is 0 Å². The van der Waals surface area contributed by atoms with Crippen molar-refractivity contribution in [2.24, 2.45) is 0 Å². The first-order chi connectivity index (χ1) is 12.5. The van der Waals surface area contributed by atoms with E-state index in [-0.39, 0.29) is 0 Å². The smallest absolute Gasteiger partial charge is 0.0466 e. The molecule has 1 aliphatic rings. The van der Waals surface area contributed by atoms with Gasteiger partial charge in [-0.05, 0) is 38.5 Å². The maximum atomic E-state index is 5.74. The van der Waals surface area contributed by atoms with Gasteiger partial charge in [-0.2, -0.15) is 0 Å². The Morgan fingerprint density at radius 1 is 0.200 bits per heavy atom. The van der Waals surface area contributed by atoms with Crippen LogP contribution in [0.2, 0.25) is 0 Å². The van der Waals surface area contributed by atoms with Crippen molar-refractivity contribution in [3.05, 3.63) is 0 Å². The number of hydrogen-bond donors (Lipinski definition) is 0. The second-order valence-corrected chi connectivity index (χ2v) is 7.49. The highest BCUT2D eigenvalue weighted by molar-refractivity contribution is 4.49. The highest BCUT2D eigenvalue weighted by Crippen LogP contribution is 2.09. The van der Waals surface area contributed by atoms with Crippen molar-refractivity contribution in [2.75, 3.05) is 39.6 Å². The topological polar surface area (TPSA) is 27.7 Å². The molecule has 0 aromatic heterocycles. The lowest BCUT2D eigenvalue weighted by molar-refractivity contribution is 0.114.